The van der Waals surface area contributed by atoms with E-state index in [1.807, 2.05) is 11.3 Å². The van der Waals surface area contributed by atoms with E-state index in [2.05, 4.69) is 186 Å². The third-order valence-electron chi connectivity index (χ3n) is 8.25. The summed E-state index contributed by atoms with van der Waals surface area (Å²) in [6, 6.07) is 62.6. The fourth-order valence-corrected chi connectivity index (χ4v) is 7.23. The fraction of sp³-hybridized carbons (Fsp3) is 0. The molecule has 7 aromatic carbocycles. The van der Waals surface area contributed by atoms with E-state index in [0.717, 1.165) is 22.7 Å². The van der Waals surface area contributed by atoms with Gasteiger partial charge in [-0.25, -0.2) is 0 Å². The van der Waals surface area contributed by atoms with Gasteiger partial charge in [0.1, 0.15) is 0 Å². The number of fused-ring (bicyclic) bond motifs is 3. The van der Waals surface area contributed by atoms with Crippen molar-refractivity contribution in [3.63, 3.8) is 0 Å². The maximum absolute atomic E-state index is 3.74. The smallest absolute Gasteiger partial charge is 0.0554 e. The molecule has 0 bridgehead atoms. The van der Waals surface area contributed by atoms with Gasteiger partial charge in [0.2, 0.25) is 0 Å². The van der Waals surface area contributed by atoms with Gasteiger partial charge in [0.15, 0.2) is 0 Å². The Labute approximate surface area is 267 Å². The lowest BCUT2D eigenvalue weighted by molar-refractivity contribution is 1.30. The number of hydrogen-bond donors (Lipinski definition) is 1. The number of para-hydroxylation sites is 2. The first-order chi connectivity index (χ1) is 22.3. The zero-order valence-corrected chi connectivity index (χ0v) is 25.4. The van der Waals surface area contributed by atoms with E-state index in [-0.39, 0.29) is 0 Å². The molecule has 0 aliphatic carbocycles. The maximum atomic E-state index is 3.74. The van der Waals surface area contributed by atoms with Crippen LogP contribution in [0.5, 0.6) is 0 Å². The van der Waals surface area contributed by atoms with Crippen LogP contribution in [0, 0.1) is 0 Å². The molecule has 2 nitrogen and oxygen atoms in total. The molecule has 0 saturated heterocycles. The highest BCUT2D eigenvalue weighted by molar-refractivity contribution is 7.26. The first-order valence-electron chi connectivity index (χ1n) is 15.2. The number of nitrogens with one attached hydrogen (secondary N) is 1. The summed E-state index contributed by atoms with van der Waals surface area (Å²) < 4.78 is 2.54. The highest BCUT2D eigenvalue weighted by Crippen LogP contribution is 2.46. The number of hydrogen-bond acceptors (Lipinski definition) is 3. The van der Waals surface area contributed by atoms with Crippen molar-refractivity contribution >= 4 is 59.9 Å². The fourth-order valence-electron chi connectivity index (χ4n) is 6.13. The molecule has 0 atom stereocenters. The molecule has 8 aromatic rings. The van der Waals surface area contributed by atoms with Crippen molar-refractivity contribution in [3.8, 4) is 22.3 Å². The second-order valence-corrected chi connectivity index (χ2v) is 12.2. The summed E-state index contributed by atoms with van der Waals surface area (Å²) in [6.07, 6.45) is 0. The third kappa shape index (κ3) is 5.24. The minimum atomic E-state index is 1.07. The molecule has 8 rings (SSSR count). The standard InChI is InChI=1S/C42H30N2S/c1-4-13-30(14-5-1)31-23-26-35(27-24-31)44(34-17-8-3-9-18-34)39-21-12-22-41-42(39)37-29-33(25-28-40(37)45-41)43-38-20-11-10-19-36(38)32-15-6-2-7-16-32/h1-29,43H. The molecule has 1 aromatic heterocycles. The van der Waals surface area contributed by atoms with Crippen molar-refractivity contribution in [2.24, 2.45) is 0 Å². The number of thiophene rings is 1. The second kappa shape index (κ2) is 11.8. The largest absolute Gasteiger partial charge is 0.355 e. The van der Waals surface area contributed by atoms with E-state index in [0.29, 0.717) is 0 Å². The van der Waals surface area contributed by atoms with Crippen LogP contribution in [-0.2, 0) is 0 Å². The summed E-state index contributed by atoms with van der Waals surface area (Å²) in [4.78, 5) is 2.38. The molecule has 0 saturated carbocycles. The van der Waals surface area contributed by atoms with Crippen LogP contribution in [0.1, 0.15) is 0 Å². The van der Waals surface area contributed by atoms with Gasteiger partial charge < -0.3 is 10.2 Å². The first kappa shape index (κ1) is 26.9. The van der Waals surface area contributed by atoms with E-state index in [1.54, 1.807) is 0 Å². The molecule has 0 spiro atoms. The average Bonchev–Trinajstić information content (AvgIpc) is 3.49. The lowest BCUT2D eigenvalue weighted by atomic mass is 10.0. The van der Waals surface area contributed by atoms with Crippen molar-refractivity contribution in [1.82, 2.24) is 0 Å². The van der Waals surface area contributed by atoms with Crippen LogP contribution in [0.2, 0.25) is 0 Å². The van der Waals surface area contributed by atoms with Gasteiger partial charge in [-0.1, -0.05) is 115 Å². The first-order valence-corrected chi connectivity index (χ1v) is 16.0. The van der Waals surface area contributed by atoms with E-state index in [9.17, 15) is 0 Å². The minimum Gasteiger partial charge on any atom is -0.355 e. The van der Waals surface area contributed by atoms with Crippen LogP contribution >= 0.6 is 11.3 Å². The molecule has 0 fully saturated rings. The lowest BCUT2D eigenvalue weighted by Gasteiger charge is -2.26. The van der Waals surface area contributed by atoms with Crippen molar-refractivity contribution in [2.45, 2.75) is 0 Å². The lowest BCUT2D eigenvalue weighted by Crippen LogP contribution is -2.10. The minimum absolute atomic E-state index is 1.07. The zero-order valence-electron chi connectivity index (χ0n) is 24.6. The van der Waals surface area contributed by atoms with Gasteiger partial charge in [-0.15, -0.1) is 11.3 Å². The van der Waals surface area contributed by atoms with E-state index in [1.165, 1.54) is 48.1 Å². The number of benzene rings is 7. The summed E-state index contributed by atoms with van der Waals surface area (Å²) in [5.41, 5.74) is 10.4. The normalized spacial score (nSPS) is 11.1. The predicted molar refractivity (Wildman–Crippen MR) is 195 cm³/mol. The zero-order chi connectivity index (χ0) is 30.0. The molecule has 1 N–H and O–H groups in total. The van der Waals surface area contributed by atoms with Crippen LogP contribution in [0.15, 0.2) is 176 Å². The van der Waals surface area contributed by atoms with Crippen molar-refractivity contribution in [3.05, 3.63) is 176 Å². The topological polar surface area (TPSA) is 15.3 Å². The Morgan fingerprint density at radius 2 is 1.07 bits per heavy atom. The molecular weight excluding hydrogens is 565 g/mol. The van der Waals surface area contributed by atoms with Crippen LogP contribution in [0.4, 0.5) is 28.4 Å². The Balaban J connectivity index is 1.25. The Bertz CT molecular complexity index is 2220. The second-order valence-electron chi connectivity index (χ2n) is 11.1. The Morgan fingerprint density at radius 3 is 1.82 bits per heavy atom. The number of anilines is 5. The molecule has 3 heteroatoms. The highest BCUT2D eigenvalue weighted by Gasteiger charge is 2.19. The van der Waals surface area contributed by atoms with Gasteiger partial charge in [0, 0.05) is 48.5 Å². The Hall–Kier alpha value is -5.64. The Morgan fingerprint density at radius 1 is 0.444 bits per heavy atom. The summed E-state index contributed by atoms with van der Waals surface area (Å²) in [5, 5.41) is 6.25. The molecule has 1 heterocycles. The van der Waals surface area contributed by atoms with Crippen LogP contribution < -0.4 is 10.2 Å². The van der Waals surface area contributed by atoms with Crippen LogP contribution in [0.3, 0.4) is 0 Å². The van der Waals surface area contributed by atoms with Crippen LogP contribution in [-0.4, -0.2) is 0 Å². The van der Waals surface area contributed by atoms with E-state index in [4.69, 9.17) is 0 Å². The van der Waals surface area contributed by atoms with Gasteiger partial charge in [-0.05, 0) is 77.4 Å². The summed E-state index contributed by atoms with van der Waals surface area (Å²) in [6.45, 7) is 0. The summed E-state index contributed by atoms with van der Waals surface area (Å²) in [7, 11) is 0. The predicted octanol–water partition coefficient (Wildman–Crippen LogP) is 12.6. The molecule has 0 aliphatic rings. The molecule has 214 valence electrons. The highest BCUT2D eigenvalue weighted by atomic mass is 32.1. The van der Waals surface area contributed by atoms with E-state index >= 15 is 0 Å². The van der Waals surface area contributed by atoms with Crippen molar-refractivity contribution in [2.75, 3.05) is 10.2 Å². The molecule has 0 unspecified atom stereocenters. The average molecular weight is 595 g/mol. The number of nitrogens with zero attached hydrogens (tertiary/aromatic N) is 1. The summed E-state index contributed by atoms with van der Waals surface area (Å²) in [5.74, 6) is 0. The Kier molecular flexibility index (Phi) is 7.07. The van der Waals surface area contributed by atoms with Gasteiger partial charge in [-0.3, -0.25) is 0 Å². The van der Waals surface area contributed by atoms with Gasteiger partial charge >= 0.3 is 0 Å². The van der Waals surface area contributed by atoms with E-state index < -0.39 is 0 Å². The monoisotopic (exact) mass is 594 g/mol. The van der Waals surface area contributed by atoms with Crippen molar-refractivity contribution in [1.29, 1.82) is 0 Å². The molecule has 0 radical (unpaired) electrons. The molecule has 0 aliphatic heterocycles. The van der Waals surface area contributed by atoms with Crippen molar-refractivity contribution < 1.29 is 0 Å². The molecule has 0 amide bonds. The van der Waals surface area contributed by atoms with Gasteiger partial charge in [0.05, 0.1) is 5.69 Å². The number of rotatable bonds is 7. The third-order valence-corrected chi connectivity index (χ3v) is 9.39. The SMILES string of the molecule is c1ccc(-c2ccc(N(c3ccccc3)c3cccc4sc5ccc(Nc6ccccc6-c6ccccc6)cc5c34)cc2)cc1. The van der Waals surface area contributed by atoms with Gasteiger partial charge in [-0.2, -0.15) is 0 Å². The summed E-state index contributed by atoms with van der Waals surface area (Å²) >= 11 is 1.84. The van der Waals surface area contributed by atoms with Crippen LogP contribution in [0.25, 0.3) is 42.4 Å². The maximum Gasteiger partial charge on any atom is 0.0554 e. The van der Waals surface area contributed by atoms with Gasteiger partial charge in [0.25, 0.3) is 0 Å². The molecule has 45 heavy (non-hydrogen) atoms. The molecular formula is C42H30N2S. The quantitative estimate of drug-likeness (QED) is 0.197.